The summed E-state index contributed by atoms with van der Waals surface area (Å²) in [5.74, 6) is 0.973. The molecule has 0 fully saturated rings. The lowest BCUT2D eigenvalue weighted by Gasteiger charge is -2.06. The van der Waals surface area contributed by atoms with Crippen molar-refractivity contribution in [2.75, 3.05) is 25.7 Å². The molecule has 0 unspecified atom stereocenters. The van der Waals surface area contributed by atoms with Gasteiger partial charge in [-0.2, -0.15) is 0 Å². The summed E-state index contributed by atoms with van der Waals surface area (Å²) in [4.78, 5) is 11.1. The molecular weight excluding hydrogens is 276 g/mol. The molecule has 0 atom stereocenters. The molecule has 0 saturated heterocycles. The fourth-order valence-corrected chi connectivity index (χ4v) is 1.17. The Kier molecular flexibility index (Phi) is 5.71. The molecule has 0 saturated carbocycles. The quantitative estimate of drug-likeness (QED) is 0.593. The summed E-state index contributed by atoms with van der Waals surface area (Å²) in [6, 6.07) is 6.99. The molecule has 1 aromatic rings. The average Bonchev–Trinajstić information content (AvgIpc) is 2.34. The van der Waals surface area contributed by atoms with Crippen LogP contribution in [0.25, 0.3) is 0 Å². The second-order valence-corrected chi connectivity index (χ2v) is 3.67. The highest BCUT2D eigenvalue weighted by molar-refractivity contribution is 9.09. The van der Waals surface area contributed by atoms with Crippen molar-refractivity contribution >= 4 is 21.9 Å². The highest BCUT2D eigenvalue weighted by Crippen LogP contribution is 2.16. The third-order valence-corrected chi connectivity index (χ3v) is 2.08. The Bertz CT molecular complexity index is 323. The summed E-state index contributed by atoms with van der Waals surface area (Å²) in [5.41, 5.74) is 0. The van der Waals surface area contributed by atoms with Crippen LogP contribution in [-0.4, -0.2) is 31.6 Å². The minimum Gasteiger partial charge on any atom is -0.497 e. The van der Waals surface area contributed by atoms with Crippen molar-refractivity contribution in [1.29, 1.82) is 0 Å². The molecule has 0 spiro atoms. The molecular formula is C11H13BrO4. The Labute approximate surface area is 103 Å². The Morgan fingerprint density at radius 2 is 1.88 bits per heavy atom. The Morgan fingerprint density at radius 1 is 1.25 bits per heavy atom. The van der Waals surface area contributed by atoms with E-state index in [2.05, 4.69) is 15.9 Å². The zero-order valence-corrected chi connectivity index (χ0v) is 10.5. The predicted octanol–water partition coefficient (Wildman–Crippen LogP) is 2.01. The van der Waals surface area contributed by atoms with Gasteiger partial charge in [0.15, 0.2) is 6.61 Å². The number of halogens is 1. The van der Waals surface area contributed by atoms with Crippen LogP contribution in [0, 0.1) is 0 Å². The number of carbonyl (C=O) groups excluding carboxylic acids is 1. The van der Waals surface area contributed by atoms with Crippen molar-refractivity contribution in [3.63, 3.8) is 0 Å². The molecule has 0 radical (unpaired) electrons. The second-order valence-electron chi connectivity index (χ2n) is 2.87. The molecule has 88 valence electrons. The molecule has 0 bridgehead atoms. The number of benzene rings is 1. The van der Waals surface area contributed by atoms with E-state index in [1.54, 1.807) is 31.4 Å². The minimum atomic E-state index is -0.379. The lowest BCUT2D eigenvalue weighted by molar-refractivity contribution is -0.145. The van der Waals surface area contributed by atoms with E-state index in [4.69, 9.17) is 14.2 Å². The first-order valence-corrected chi connectivity index (χ1v) is 5.87. The SMILES string of the molecule is COc1ccc(OCC(=O)OCCBr)cc1. The molecule has 16 heavy (non-hydrogen) atoms. The van der Waals surface area contributed by atoms with Crippen LogP contribution in [0.4, 0.5) is 0 Å². The van der Waals surface area contributed by atoms with Gasteiger partial charge in [-0.15, -0.1) is 0 Å². The van der Waals surface area contributed by atoms with Crippen molar-refractivity contribution in [3.8, 4) is 11.5 Å². The number of carbonyl (C=O) groups is 1. The maximum absolute atomic E-state index is 11.1. The summed E-state index contributed by atoms with van der Waals surface area (Å²) in [6.07, 6.45) is 0. The van der Waals surface area contributed by atoms with Crippen molar-refractivity contribution < 1.29 is 19.0 Å². The molecule has 0 aliphatic carbocycles. The van der Waals surface area contributed by atoms with Gasteiger partial charge in [-0.3, -0.25) is 0 Å². The van der Waals surface area contributed by atoms with E-state index >= 15 is 0 Å². The first-order chi connectivity index (χ1) is 7.76. The van der Waals surface area contributed by atoms with Crippen LogP contribution in [0.2, 0.25) is 0 Å². The highest BCUT2D eigenvalue weighted by Gasteiger charge is 2.03. The van der Waals surface area contributed by atoms with E-state index in [0.29, 0.717) is 17.7 Å². The van der Waals surface area contributed by atoms with Gasteiger partial charge >= 0.3 is 5.97 Å². The van der Waals surface area contributed by atoms with Gasteiger partial charge in [-0.25, -0.2) is 4.79 Å². The van der Waals surface area contributed by atoms with Crippen LogP contribution in [0.3, 0.4) is 0 Å². The molecule has 1 rings (SSSR count). The van der Waals surface area contributed by atoms with E-state index < -0.39 is 0 Å². The van der Waals surface area contributed by atoms with Gasteiger partial charge in [0.1, 0.15) is 18.1 Å². The van der Waals surface area contributed by atoms with Crippen LogP contribution in [0.5, 0.6) is 11.5 Å². The van der Waals surface area contributed by atoms with Gasteiger partial charge < -0.3 is 14.2 Å². The number of ether oxygens (including phenoxy) is 3. The van der Waals surface area contributed by atoms with E-state index in [1.807, 2.05) is 0 Å². The molecule has 0 heterocycles. The number of alkyl halides is 1. The summed E-state index contributed by atoms with van der Waals surface area (Å²) >= 11 is 3.16. The summed E-state index contributed by atoms with van der Waals surface area (Å²) in [6.45, 7) is 0.268. The molecule has 1 aromatic carbocycles. The maximum Gasteiger partial charge on any atom is 0.344 e. The van der Waals surface area contributed by atoms with Gasteiger partial charge in [-0.05, 0) is 24.3 Å². The van der Waals surface area contributed by atoms with Crippen molar-refractivity contribution in [2.45, 2.75) is 0 Å². The van der Waals surface area contributed by atoms with Crippen LogP contribution in [-0.2, 0) is 9.53 Å². The van der Waals surface area contributed by atoms with E-state index in [9.17, 15) is 4.79 Å². The monoisotopic (exact) mass is 288 g/mol. The number of esters is 1. The largest absolute Gasteiger partial charge is 0.497 e. The fourth-order valence-electron chi connectivity index (χ4n) is 1.01. The Morgan fingerprint density at radius 3 is 2.44 bits per heavy atom. The van der Waals surface area contributed by atoms with Crippen molar-refractivity contribution in [1.82, 2.24) is 0 Å². The molecule has 0 amide bonds. The predicted molar refractivity (Wildman–Crippen MR) is 63.2 cm³/mol. The lowest BCUT2D eigenvalue weighted by atomic mass is 10.3. The molecule has 0 aliphatic heterocycles. The van der Waals surface area contributed by atoms with Crippen molar-refractivity contribution in [3.05, 3.63) is 24.3 Å². The Balaban J connectivity index is 2.33. The standard InChI is InChI=1S/C11H13BrO4/c1-14-9-2-4-10(5-3-9)16-8-11(13)15-7-6-12/h2-5H,6-8H2,1H3. The third-order valence-electron chi connectivity index (χ3n) is 1.76. The van der Waals surface area contributed by atoms with Gasteiger partial charge in [0, 0.05) is 5.33 Å². The highest BCUT2D eigenvalue weighted by atomic mass is 79.9. The molecule has 4 nitrogen and oxygen atoms in total. The number of hydrogen-bond donors (Lipinski definition) is 0. The van der Waals surface area contributed by atoms with E-state index in [1.165, 1.54) is 0 Å². The van der Waals surface area contributed by atoms with Crippen LogP contribution >= 0.6 is 15.9 Å². The average molecular weight is 289 g/mol. The molecule has 0 N–H and O–H groups in total. The zero-order chi connectivity index (χ0) is 11.8. The van der Waals surface area contributed by atoms with Gasteiger partial charge in [-0.1, -0.05) is 15.9 Å². The van der Waals surface area contributed by atoms with E-state index in [0.717, 1.165) is 5.75 Å². The van der Waals surface area contributed by atoms with Gasteiger partial charge in [0.2, 0.25) is 0 Å². The summed E-state index contributed by atoms with van der Waals surface area (Å²) in [5, 5.41) is 0.626. The first kappa shape index (κ1) is 12.8. The lowest BCUT2D eigenvalue weighted by Crippen LogP contribution is -2.15. The summed E-state index contributed by atoms with van der Waals surface area (Å²) in [7, 11) is 1.59. The van der Waals surface area contributed by atoms with Crippen LogP contribution < -0.4 is 9.47 Å². The fraction of sp³-hybridized carbons (Fsp3) is 0.364. The second kappa shape index (κ2) is 7.11. The van der Waals surface area contributed by atoms with Gasteiger partial charge in [0.05, 0.1) is 7.11 Å². The molecule has 5 heteroatoms. The maximum atomic E-state index is 11.1. The minimum absolute atomic E-state index is 0.0840. The molecule has 0 aromatic heterocycles. The summed E-state index contributed by atoms with van der Waals surface area (Å²) < 4.78 is 15.0. The first-order valence-electron chi connectivity index (χ1n) is 4.74. The number of hydrogen-bond acceptors (Lipinski definition) is 4. The zero-order valence-electron chi connectivity index (χ0n) is 8.94. The smallest absolute Gasteiger partial charge is 0.344 e. The van der Waals surface area contributed by atoms with Crippen LogP contribution in [0.1, 0.15) is 0 Å². The molecule has 0 aliphatic rings. The topological polar surface area (TPSA) is 44.8 Å². The van der Waals surface area contributed by atoms with Crippen LogP contribution in [0.15, 0.2) is 24.3 Å². The van der Waals surface area contributed by atoms with Crippen molar-refractivity contribution in [2.24, 2.45) is 0 Å². The van der Waals surface area contributed by atoms with E-state index in [-0.39, 0.29) is 12.6 Å². The normalized spacial score (nSPS) is 9.62. The third kappa shape index (κ3) is 4.53. The number of rotatable bonds is 6. The number of methoxy groups -OCH3 is 1. The Hall–Kier alpha value is -1.23. The van der Waals surface area contributed by atoms with Gasteiger partial charge in [0.25, 0.3) is 0 Å².